The summed E-state index contributed by atoms with van der Waals surface area (Å²) in [4.78, 5) is 0. The molecule has 4 heteroatoms. The summed E-state index contributed by atoms with van der Waals surface area (Å²) in [6.45, 7) is 11.2. The number of ether oxygens (including phenoxy) is 4. The lowest BCUT2D eigenvalue weighted by molar-refractivity contribution is -0.0650. The van der Waals surface area contributed by atoms with Gasteiger partial charge in [-0.15, -0.1) is 0 Å². The van der Waals surface area contributed by atoms with Crippen LogP contribution in [0.1, 0.15) is 59.4 Å². The smallest absolute Gasteiger partial charge is 0.196 e. The maximum Gasteiger partial charge on any atom is 0.196 e. The summed E-state index contributed by atoms with van der Waals surface area (Å²) < 4.78 is 22.6. The van der Waals surface area contributed by atoms with E-state index in [9.17, 15) is 0 Å². The molecule has 23 heavy (non-hydrogen) atoms. The molecule has 0 aliphatic heterocycles. The van der Waals surface area contributed by atoms with Crippen molar-refractivity contribution in [2.45, 2.75) is 72.9 Å². The molecule has 1 aromatic carbocycles. The first-order valence-corrected chi connectivity index (χ1v) is 8.79. The van der Waals surface area contributed by atoms with Crippen LogP contribution in [0.15, 0.2) is 18.2 Å². The Morgan fingerprint density at radius 3 is 1.74 bits per heavy atom. The third-order valence-corrected chi connectivity index (χ3v) is 3.42. The van der Waals surface area contributed by atoms with Crippen LogP contribution in [-0.4, -0.2) is 25.8 Å². The summed E-state index contributed by atoms with van der Waals surface area (Å²) in [5.74, 6) is 1.55. The highest BCUT2D eigenvalue weighted by molar-refractivity contribution is 5.38. The van der Waals surface area contributed by atoms with E-state index in [1.165, 1.54) is 24.8 Å². The van der Waals surface area contributed by atoms with Gasteiger partial charge in [0, 0.05) is 19.3 Å². The molecular formula is C19H32O4. The lowest BCUT2D eigenvalue weighted by Gasteiger charge is -2.18. The molecule has 0 radical (unpaired) electrons. The van der Waals surface area contributed by atoms with E-state index in [0.717, 1.165) is 17.9 Å². The Kier molecular flexibility index (Phi) is 9.72. The molecule has 0 fully saturated rings. The minimum Gasteiger partial charge on any atom is -0.465 e. The molecule has 0 heterocycles. The molecule has 132 valence electrons. The monoisotopic (exact) mass is 324 g/mol. The third-order valence-electron chi connectivity index (χ3n) is 3.42. The zero-order chi connectivity index (χ0) is 17.1. The summed E-state index contributed by atoms with van der Waals surface area (Å²) in [5.41, 5.74) is 1.22. The highest BCUT2D eigenvalue weighted by Crippen LogP contribution is 2.26. The SMILES string of the molecule is CCCCCc1cc(OC(C)OCC)cc(OC(C)OCC)c1. The van der Waals surface area contributed by atoms with Crippen molar-refractivity contribution < 1.29 is 18.9 Å². The minimum absolute atomic E-state index is 0.275. The Morgan fingerprint density at radius 1 is 0.783 bits per heavy atom. The molecule has 1 rings (SSSR count). The molecule has 0 spiro atoms. The highest BCUT2D eigenvalue weighted by Gasteiger charge is 2.10. The average molecular weight is 324 g/mol. The van der Waals surface area contributed by atoms with Gasteiger partial charge in [0.15, 0.2) is 12.6 Å². The van der Waals surface area contributed by atoms with Crippen LogP contribution in [0.3, 0.4) is 0 Å². The standard InChI is InChI=1S/C19H32O4/c1-6-9-10-11-17-12-18(22-15(4)20-7-2)14-19(13-17)23-16(5)21-8-3/h12-16H,6-11H2,1-5H3. The van der Waals surface area contributed by atoms with Crippen molar-refractivity contribution in [3.63, 3.8) is 0 Å². The zero-order valence-electron chi connectivity index (χ0n) is 15.3. The maximum absolute atomic E-state index is 5.84. The number of hydrogen-bond acceptors (Lipinski definition) is 4. The second-order valence-electron chi connectivity index (χ2n) is 5.55. The fraction of sp³-hybridized carbons (Fsp3) is 0.684. The van der Waals surface area contributed by atoms with Crippen molar-refractivity contribution in [3.05, 3.63) is 23.8 Å². The molecule has 0 saturated heterocycles. The lowest BCUT2D eigenvalue weighted by Crippen LogP contribution is -2.17. The van der Waals surface area contributed by atoms with Gasteiger partial charge in [-0.05, 0) is 58.2 Å². The molecule has 0 aliphatic rings. The molecule has 0 bridgehead atoms. The van der Waals surface area contributed by atoms with E-state index in [1.54, 1.807) is 0 Å². The van der Waals surface area contributed by atoms with E-state index in [2.05, 4.69) is 19.1 Å². The summed E-state index contributed by atoms with van der Waals surface area (Å²) >= 11 is 0. The van der Waals surface area contributed by atoms with Crippen LogP contribution in [0.4, 0.5) is 0 Å². The summed E-state index contributed by atoms with van der Waals surface area (Å²) in [6, 6.07) is 6.04. The Bertz CT molecular complexity index is 401. The van der Waals surface area contributed by atoms with E-state index in [1.807, 2.05) is 33.8 Å². The van der Waals surface area contributed by atoms with Gasteiger partial charge in [0.1, 0.15) is 11.5 Å². The Hall–Kier alpha value is -1.26. The van der Waals surface area contributed by atoms with Crippen LogP contribution in [0.5, 0.6) is 11.5 Å². The third kappa shape index (κ3) is 8.24. The van der Waals surface area contributed by atoms with Gasteiger partial charge in [0.25, 0.3) is 0 Å². The van der Waals surface area contributed by atoms with Crippen LogP contribution in [0.2, 0.25) is 0 Å². The normalized spacial score (nSPS) is 13.6. The van der Waals surface area contributed by atoms with Gasteiger partial charge >= 0.3 is 0 Å². The topological polar surface area (TPSA) is 36.9 Å². The molecule has 2 unspecified atom stereocenters. The van der Waals surface area contributed by atoms with E-state index >= 15 is 0 Å². The van der Waals surface area contributed by atoms with Gasteiger partial charge in [-0.1, -0.05) is 19.8 Å². The van der Waals surface area contributed by atoms with Crippen molar-refractivity contribution in [2.75, 3.05) is 13.2 Å². The fourth-order valence-corrected chi connectivity index (χ4v) is 2.41. The first-order chi connectivity index (χ1) is 11.1. The Morgan fingerprint density at radius 2 is 1.30 bits per heavy atom. The first-order valence-electron chi connectivity index (χ1n) is 8.79. The number of aryl methyl sites for hydroxylation is 1. The maximum atomic E-state index is 5.84. The fourth-order valence-electron chi connectivity index (χ4n) is 2.41. The molecule has 2 atom stereocenters. The van der Waals surface area contributed by atoms with Crippen LogP contribution >= 0.6 is 0 Å². The lowest BCUT2D eigenvalue weighted by atomic mass is 10.1. The molecule has 0 aromatic heterocycles. The second-order valence-corrected chi connectivity index (χ2v) is 5.55. The average Bonchev–Trinajstić information content (AvgIpc) is 2.47. The van der Waals surface area contributed by atoms with Gasteiger partial charge in [-0.2, -0.15) is 0 Å². The zero-order valence-corrected chi connectivity index (χ0v) is 15.3. The summed E-state index contributed by atoms with van der Waals surface area (Å²) in [5, 5.41) is 0. The van der Waals surface area contributed by atoms with Crippen LogP contribution in [0.25, 0.3) is 0 Å². The molecule has 0 saturated carbocycles. The molecule has 4 nitrogen and oxygen atoms in total. The molecule has 0 aliphatic carbocycles. The number of unbranched alkanes of at least 4 members (excludes halogenated alkanes) is 2. The number of benzene rings is 1. The summed E-state index contributed by atoms with van der Waals surface area (Å²) in [6.07, 6.45) is 4.08. The molecule has 1 aromatic rings. The van der Waals surface area contributed by atoms with E-state index in [-0.39, 0.29) is 12.6 Å². The molecule has 0 amide bonds. The minimum atomic E-state index is -0.275. The van der Waals surface area contributed by atoms with Crippen LogP contribution < -0.4 is 9.47 Å². The van der Waals surface area contributed by atoms with Gasteiger partial charge in [-0.3, -0.25) is 0 Å². The van der Waals surface area contributed by atoms with Crippen molar-refractivity contribution in [1.82, 2.24) is 0 Å². The van der Waals surface area contributed by atoms with Crippen LogP contribution in [-0.2, 0) is 15.9 Å². The van der Waals surface area contributed by atoms with Gasteiger partial charge in [-0.25, -0.2) is 0 Å². The van der Waals surface area contributed by atoms with Crippen molar-refractivity contribution in [1.29, 1.82) is 0 Å². The van der Waals surface area contributed by atoms with Gasteiger partial charge < -0.3 is 18.9 Å². The molecular weight excluding hydrogens is 292 g/mol. The van der Waals surface area contributed by atoms with E-state index in [4.69, 9.17) is 18.9 Å². The van der Waals surface area contributed by atoms with E-state index in [0.29, 0.717) is 13.2 Å². The first kappa shape index (κ1) is 19.8. The predicted octanol–water partition coefficient (Wildman–Crippen LogP) is 4.94. The van der Waals surface area contributed by atoms with Crippen molar-refractivity contribution in [2.24, 2.45) is 0 Å². The number of hydrogen-bond donors (Lipinski definition) is 0. The largest absolute Gasteiger partial charge is 0.465 e. The highest BCUT2D eigenvalue weighted by atomic mass is 16.7. The Labute approximate surface area is 141 Å². The summed E-state index contributed by atoms with van der Waals surface area (Å²) in [7, 11) is 0. The van der Waals surface area contributed by atoms with Crippen molar-refractivity contribution in [3.8, 4) is 11.5 Å². The quantitative estimate of drug-likeness (QED) is 0.403. The Balaban J connectivity index is 2.82. The van der Waals surface area contributed by atoms with Crippen LogP contribution in [0, 0.1) is 0 Å². The second kappa shape index (κ2) is 11.3. The predicted molar refractivity (Wildman–Crippen MR) is 93.1 cm³/mol. The van der Waals surface area contributed by atoms with Gasteiger partial charge in [0.2, 0.25) is 0 Å². The molecule has 0 N–H and O–H groups in total. The van der Waals surface area contributed by atoms with Gasteiger partial charge in [0.05, 0.1) is 0 Å². The van der Waals surface area contributed by atoms with Crippen molar-refractivity contribution >= 4 is 0 Å². The number of rotatable bonds is 12. The van der Waals surface area contributed by atoms with E-state index < -0.39 is 0 Å².